The van der Waals surface area contributed by atoms with E-state index in [1.165, 1.54) is 0 Å². The molecule has 0 spiro atoms. The van der Waals surface area contributed by atoms with Gasteiger partial charge in [-0.25, -0.2) is 0 Å². The zero-order chi connectivity index (χ0) is 9.90. The van der Waals surface area contributed by atoms with Gasteiger partial charge in [-0.05, 0) is 0 Å². The molecule has 0 heterocycles. The molecule has 0 aliphatic carbocycles. The first-order valence-electron chi connectivity index (χ1n) is 3.66. The number of hydrogen-bond donors (Lipinski definition) is 3. The molecule has 1 aromatic rings. The number of hydrogen-bond acceptors (Lipinski definition) is 3. The van der Waals surface area contributed by atoms with E-state index in [4.69, 9.17) is 15.1 Å². The Balaban J connectivity index is 2.87. The van der Waals surface area contributed by atoms with Crippen LogP contribution in [0.15, 0.2) is 24.3 Å². The summed E-state index contributed by atoms with van der Waals surface area (Å²) in [5.41, 5.74) is -2.92. The monoisotopic (exact) mass is 251 g/mol. The summed E-state index contributed by atoms with van der Waals surface area (Å²) in [4.78, 5) is 0. The zero-order valence-electron chi connectivity index (χ0n) is 6.72. The van der Waals surface area contributed by atoms with Crippen molar-refractivity contribution in [3.05, 3.63) is 29.8 Å². The minimum absolute atomic E-state index is 0.394. The molecule has 0 saturated heterocycles. The standard InChI is InChI=1S/C7H9BFO3Se/c9-5-6-3-1-2-4-7(6)13-8(10,11)12/h1-4,10-12H,5H2/q-1. The summed E-state index contributed by atoms with van der Waals surface area (Å²) < 4.78 is 12.8. The Morgan fingerprint density at radius 3 is 2.38 bits per heavy atom. The summed E-state index contributed by atoms with van der Waals surface area (Å²) in [6.45, 7) is -0.663. The van der Waals surface area contributed by atoms with E-state index in [-0.39, 0.29) is 0 Å². The molecule has 0 aliphatic rings. The van der Waals surface area contributed by atoms with Crippen LogP contribution < -0.4 is 4.46 Å². The van der Waals surface area contributed by atoms with Crippen molar-refractivity contribution >= 4 is 24.8 Å². The molecule has 13 heavy (non-hydrogen) atoms. The van der Waals surface area contributed by atoms with Crippen molar-refractivity contribution in [3.8, 4) is 0 Å². The Labute approximate surface area is 81.2 Å². The first-order valence-corrected chi connectivity index (χ1v) is 5.51. The first-order chi connectivity index (χ1) is 6.03. The van der Waals surface area contributed by atoms with Gasteiger partial charge in [0.05, 0.1) is 0 Å². The topological polar surface area (TPSA) is 60.7 Å². The van der Waals surface area contributed by atoms with Crippen LogP contribution in [-0.2, 0) is 6.67 Å². The van der Waals surface area contributed by atoms with Gasteiger partial charge in [0.15, 0.2) is 0 Å². The van der Waals surface area contributed by atoms with Crippen LogP contribution >= 0.6 is 0 Å². The van der Waals surface area contributed by atoms with Gasteiger partial charge < -0.3 is 0 Å². The van der Waals surface area contributed by atoms with Gasteiger partial charge in [0.1, 0.15) is 0 Å². The van der Waals surface area contributed by atoms with Crippen molar-refractivity contribution in [2.24, 2.45) is 0 Å². The fourth-order valence-corrected chi connectivity index (χ4v) is 2.52. The van der Waals surface area contributed by atoms with Crippen molar-refractivity contribution < 1.29 is 19.5 Å². The molecule has 0 unspecified atom stereocenters. The Kier molecular flexibility index (Phi) is 3.47. The number of rotatable bonds is 3. The molecule has 3 N–H and O–H groups in total. The molecule has 0 aliphatic heterocycles. The Morgan fingerprint density at radius 1 is 1.23 bits per heavy atom. The van der Waals surface area contributed by atoms with Gasteiger partial charge in [-0.2, -0.15) is 0 Å². The normalized spacial score (nSPS) is 11.7. The van der Waals surface area contributed by atoms with Crippen LogP contribution in [0.2, 0.25) is 0 Å². The molecule has 0 bridgehead atoms. The number of halogens is 1. The van der Waals surface area contributed by atoms with E-state index in [1.54, 1.807) is 24.3 Å². The average molecular weight is 250 g/mol. The summed E-state index contributed by atoms with van der Waals surface area (Å²) in [7, 11) is 0. The van der Waals surface area contributed by atoms with Crippen LogP contribution in [0.25, 0.3) is 0 Å². The van der Waals surface area contributed by atoms with E-state index in [0.29, 0.717) is 10.0 Å². The maximum absolute atomic E-state index is 12.3. The quantitative estimate of drug-likeness (QED) is 0.596. The molecule has 1 aromatic carbocycles. The van der Waals surface area contributed by atoms with Gasteiger partial charge in [-0.15, -0.1) is 0 Å². The van der Waals surface area contributed by atoms with Crippen LogP contribution in [0.5, 0.6) is 0 Å². The third-order valence-electron chi connectivity index (χ3n) is 1.40. The number of benzene rings is 1. The Bertz CT molecular complexity index is 289. The van der Waals surface area contributed by atoms with Gasteiger partial charge in [0, 0.05) is 0 Å². The molecule has 0 saturated carbocycles. The second-order valence-electron chi connectivity index (χ2n) is 2.52. The van der Waals surface area contributed by atoms with Crippen LogP contribution in [0.1, 0.15) is 5.56 Å². The molecule has 72 valence electrons. The van der Waals surface area contributed by atoms with Crippen molar-refractivity contribution in [1.82, 2.24) is 0 Å². The van der Waals surface area contributed by atoms with E-state index in [9.17, 15) is 4.39 Å². The van der Waals surface area contributed by atoms with Gasteiger partial charge in [0.2, 0.25) is 0 Å². The first kappa shape index (κ1) is 10.7. The van der Waals surface area contributed by atoms with E-state index in [0.717, 1.165) is 0 Å². The third-order valence-corrected chi connectivity index (χ3v) is 3.43. The predicted molar refractivity (Wildman–Crippen MR) is 49.1 cm³/mol. The van der Waals surface area contributed by atoms with E-state index >= 15 is 0 Å². The van der Waals surface area contributed by atoms with Gasteiger partial charge in [-0.1, -0.05) is 0 Å². The second kappa shape index (κ2) is 4.22. The van der Waals surface area contributed by atoms with Crippen molar-refractivity contribution in [1.29, 1.82) is 0 Å². The van der Waals surface area contributed by atoms with Crippen LogP contribution in [0.3, 0.4) is 0 Å². The average Bonchev–Trinajstić information content (AvgIpc) is 2.02. The molecule has 1 rings (SSSR count). The van der Waals surface area contributed by atoms with Gasteiger partial charge in [-0.3, -0.25) is 0 Å². The molecule has 0 fully saturated rings. The number of alkyl halides is 1. The predicted octanol–water partition coefficient (Wildman–Crippen LogP) is -1.10. The van der Waals surface area contributed by atoms with Gasteiger partial charge >= 0.3 is 80.8 Å². The summed E-state index contributed by atoms with van der Waals surface area (Å²) in [5.74, 6) is 0. The summed E-state index contributed by atoms with van der Waals surface area (Å²) in [5, 5.41) is 26.3. The zero-order valence-corrected chi connectivity index (χ0v) is 8.43. The summed E-state index contributed by atoms with van der Waals surface area (Å²) >= 11 is -0.914. The van der Waals surface area contributed by atoms with Crippen LogP contribution in [0.4, 0.5) is 4.39 Å². The SMILES string of the molecule is O[B-](O)(O)[Se]c1ccccc1CF. The molecule has 0 atom stereocenters. The Hall–Kier alpha value is -0.386. The summed E-state index contributed by atoms with van der Waals surface area (Å²) in [6.07, 6.45) is 0. The fraction of sp³-hybridized carbons (Fsp3) is 0.143. The van der Waals surface area contributed by atoms with Crippen LogP contribution in [-0.4, -0.2) is 35.4 Å². The molecule has 3 nitrogen and oxygen atoms in total. The van der Waals surface area contributed by atoms with E-state index in [2.05, 4.69) is 0 Å². The Morgan fingerprint density at radius 2 is 1.85 bits per heavy atom. The molecule has 0 amide bonds. The fourth-order valence-electron chi connectivity index (χ4n) is 0.900. The van der Waals surface area contributed by atoms with Crippen molar-refractivity contribution in [3.63, 3.8) is 0 Å². The molecule has 0 radical (unpaired) electrons. The van der Waals surface area contributed by atoms with E-state index < -0.39 is 27.0 Å². The molecule has 6 heteroatoms. The van der Waals surface area contributed by atoms with Crippen molar-refractivity contribution in [2.75, 3.05) is 0 Å². The van der Waals surface area contributed by atoms with E-state index in [1.807, 2.05) is 0 Å². The van der Waals surface area contributed by atoms with Gasteiger partial charge in [0.25, 0.3) is 0 Å². The third kappa shape index (κ3) is 3.46. The van der Waals surface area contributed by atoms with Crippen LogP contribution in [0, 0.1) is 0 Å². The minimum atomic E-state index is -3.31. The molecular weight excluding hydrogens is 241 g/mol. The molecule has 0 aromatic heterocycles. The maximum atomic E-state index is 12.3. The van der Waals surface area contributed by atoms with Crippen molar-refractivity contribution in [2.45, 2.75) is 6.67 Å². The molecular formula is C7H9BFO3Se-. The second-order valence-corrected chi connectivity index (χ2v) is 5.27. The summed E-state index contributed by atoms with van der Waals surface area (Å²) in [6, 6.07) is 6.46.